The Morgan fingerprint density at radius 1 is 1.23 bits per heavy atom. The Morgan fingerprint density at radius 3 is 2.62 bits per heavy atom. The number of aliphatic hydroxyl groups excluding tert-OH is 1. The molecule has 0 heterocycles. The first-order valence-electron chi connectivity index (χ1n) is 4.81. The van der Waals surface area contributed by atoms with E-state index in [2.05, 4.69) is 24.3 Å². The van der Waals surface area contributed by atoms with Crippen LogP contribution in [0, 0.1) is 0 Å². The van der Waals surface area contributed by atoms with Crippen molar-refractivity contribution in [3.8, 4) is 0 Å². The number of nitrogens with zero attached hydrogens (tertiary/aromatic N) is 1. The van der Waals surface area contributed by atoms with Gasteiger partial charge in [-0.3, -0.25) is 0 Å². The molecule has 80 valence electrons. The number of aliphatic hydroxyl groups is 1. The van der Waals surface area contributed by atoms with Crippen molar-refractivity contribution in [2.75, 3.05) is 51.8 Å². The zero-order chi connectivity index (χ0) is 9.94. The van der Waals surface area contributed by atoms with Gasteiger partial charge in [0.2, 0.25) is 0 Å². The third-order valence-electron chi connectivity index (χ3n) is 1.61. The van der Waals surface area contributed by atoms with Crippen molar-refractivity contribution < 1.29 is 5.11 Å². The molecule has 0 unspecified atom stereocenters. The summed E-state index contributed by atoms with van der Waals surface area (Å²) in [5.41, 5.74) is 0. The number of likely N-dealkylation sites (N-methyl/N-ethyl adjacent to an activating group) is 1. The molecule has 0 aromatic rings. The van der Waals surface area contributed by atoms with E-state index < -0.39 is 0 Å². The smallest absolute Gasteiger partial charge is 0.0438 e. The van der Waals surface area contributed by atoms with E-state index in [0.717, 1.165) is 37.6 Å². The van der Waals surface area contributed by atoms with Gasteiger partial charge in [-0.1, -0.05) is 0 Å². The van der Waals surface area contributed by atoms with Crippen molar-refractivity contribution in [1.29, 1.82) is 0 Å². The molecule has 0 fully saturated rings. The zero-order valence-corrected chi connectivity index (χ0v) is 9.57. The van der Waals surface area contributed by atoms with Crippen molar-refractivity contribution >= 4 is 11.8 Å². The molecule has 0 spiro atoms. The summed E-state index contributed by atoms with van der Waals surface area (Å²) >= 11 is 1.90. The molecule has 4 heteroatoms. The molecule has 0 aromatic carbocycles. The highest BCUT2D eigenvalue weighted by atomic mass is 32.2. The van der Waals surface area contributed by atoms with Gasteiger partial charge in [0.05, 0.1) is 0 Å². The van der Waals surface area contributed by atoms with Gasteiger partial charge in [0.25, 0.3) is 0 Å². The lowest BCUT2D eigenvalue weighted by Crippen LogP contribution is -2.28. The molecule has 13 heavy (non-hydrogen) atoms. The molecule has 0 aliphatic heterocycles. The van der Waals surface area contributed by atoms with Gasteiger partial charge >= 0.3 is 0 Å². The summed E-state index contributed by atoms with van der Waals surface area (Å²) in [5, 5.41) is 11.9. The Labute approximate surface area is 85.9 Å². The zero-order valence-electron chi connectivity index (χ0n) is 8.75. The minimum absolute atomic E-state index is 0.320. The van der Waals surface area contributed by atoms with Crippen molar-refractivity contribution in [2.45, 2.75) is 6.42 Å². The molecule has 0 atom stereocenters. The number of hydrogen-bond acceptors (Lipinski definition) is 4. The summed E-state index contributed by atoms with van der Waals surface area (Å²) in [6.07, 6.45) is 0.919. The van der Waals surface area contributed by atoms with E-state index in [1.807, 2.05) is 11.8 Å². The maximum atomic E-state index is 8.53. The van der Waals surface area contributed by atoms with Gasteiger partial charge in [-0.25, -0.2) is 0 Å². The summed E-state index contributed by atoms with van der Waals surface area (Å²) in [7, 11) is 4.16. The van der Waals surface area contributed by atoms with Crippen molar-refractivity contribution in [2.24, 2.45) is 0 Å². The highest BCUT2D eigenvalue weighted by Gasteiger charge is 1.91. The fraction of sp³-hybridized carbons (Fsp3) is 1.00. The van der Waals surface area contributed by atoms with Gasteiger partial charge in [0.1, 0.15) is 0 Å². The Bertz CT molecular complexity index is 102. The van der Waals surface area contributed by atoms with Gasteiger partial charge in [0, 0.05) is 32.0 Å². The van der Waals surface area contributed by atoms with Crippen LogP contribution in [-0.4, -0.2) is 61.8 Å². The quantitative estimate of drug-likeness (QED) is 0.530. The lowest BCUT2D eigenvalue weighted by atomic mass is 10.5. The van der Waals surface area contributed by atoms with E-state index in [9.17, 15) is 0 Å². The molecule has 0 saturated heterocycles. The van der Waals surface area contributed by atoms with E-state index in [-0.39, 0.29) is 0 Å². The molecule has 2 N–H and O–H groups in total. The van der Waals surface area contributed by atoms with E-state index >= 15 is 0 Å². The Kier molecular flexibility index (Phi) is 10.5. The fourth-order valence-electron chi connectivity index (χ4n) is 0.841. The molecular formula is C9H22N2OS. The van der Waals surface area contributed by atoms with E-state index in [0.29, 0.717) is 6.61 Å². The minimum Gasteiger partial charge on any atom is -0.396 e. The predicted octanol–water partition coefficient (Wildman–Crippen LogP) is 0.253. The summed E-state index contributed by atoms with van der Waals surface area (Å²) in [4.78, 5) is 2.17. The molecule has 0 amide bonds. The Hall–Kier alpha value is 0.230. The summed E-state index contributed by atoms with van der Waals surface area (Å²) < 4.78 is 0. The van der Waals surface area contributed by atoms with Crippen LogP contribution in [0.2, 0.25) is 0 Å². The van der Waals surface area contributed by atoms with Crippen LogP contribution in [0.15, 0.2) is 0 Å². The van der Waals surface area contributed by atoms with Crippen LogP contribution in [0.3, 0.4) is 0 Å². The van der Waals surface area contributed by atoms with Crippen LogP contribution in [0.25, 0.3) is 0 Å². The van der Waals surface area contributed by atoms with Crippen molar-refractivity contribution in [1.82, 2.24) is 10.2 Å². The molecule has 0 rings (SSSR count). The summed E-state index contributed by atoms with van der Waals surface area (Å²) in [5.74, 6) is 2.22. The fourth-order valence-corrected chi connectivity index (χ4v) is 1.67. The minimum atomic E-state index is 0.320. The number of nitrogens with one attached hydrogen (secondary N) is 1. The van der Waals surface area contributed by atoms with Crippen LogP contribution in [0.4, 0.5) is 0 Å². The predicted molar refractivity (Wildman–Crippen MR) is 60.5 cm³/mol. The van der Waals surface area contributed by atoms with Crippen LogP contribution in [0.1, 0.15) is 6.42 Å². The van der Waals surface area contributed by atoms with Gasteiger partial charge in [-0.05, 0) is 26.3 Å². The summed E-state index contributed by atoms with van der Waals surface area (Å²) in [6.45, 7) is 3.56. The molecule has 3 nitrogen and oxygen atoms in total. The second-order valence-corrected chi connectivity index (χ2v) is 4.47. The van der Waals surface area contributed by atoms with Crippen LogP contribution < -0.4 is 5.32 Å². The van der Waals surface area contributed by atoms with Gasteiger partial charge < -0.3 is 15.3 Å². The maximum absolute atomic E-state index is 8.53. The van der Waals surface area contributed by atoms with Gasteiger partial charge in [0.15, 0.2) is 0 Å². The second-order valence-electron chi connectivity index (χ2n) is 3.24. The molecule has 0 aliphatic rings. The largest absolute Gasteiger partial charge is 0.396 e. The first kappa shape index (κ1) is 13.2. The van der Waals surface area contributed by atoms with Crippen LogP contribution in [-0.2, 0) is 0 Å². The Morgan fingerprint density at radius 2 is 2.00 bits per heavy atom. The SMILES string of the molecule is CN(C)CCNCCSCCCO. The topological polar surface area (TPSA) is 35.5 Å². The second kappa shape index (κ2) is 10.3. The first-order chi connectivity index (χ1) is 6.27. The number of thioether (sulfide) groups is 1. The van der Waals surface area contributed by atoms with E-state index in [4.69, 9.17) is 5.11 Å². The number of hydrogen-bond donors (Lipinski definition) is 2. The number of rotatable bonds is 9. The third-order valence-corrected chi connectivity index (χ3v) is 2.68. The monoisotopic (exact) mass is 206 g/mol. The Balaban J connectivity index is 2.84. The molecule has 0 aromatic heterocycles. The highest BCUT2D eigenvalue weighted by Crippen LogP contribution is 1.99. The summed E-state index contributed by atoms with van der Waals surface area (Å²) in [6, 6.07) is 0. The van der Waals surface area contributed by atoms with Crippen molar-refractivity contribution in [3.63, 3.8) is 0 Å². The molecule has 0 bridgehead atoms. The van der Waals surface area contributed by atoms with E-state index in [1.54, 1.807) is 0 Å². The lowest BCUT2D eigenvalue weighted by molar-refractivity contribution is 0.296. The van der Waals surface area contributed by atoms with Gasteiger partial charge in [-0.15, -0.1) is 0 Å². The van der Waals surface area contributed by atoms with E-state index in [1.165, 1.54) is 0 Å². The molecule has 0 saturated carbocycles. The average molecular weight is 206 g/mol. The van der Waals surface area contributed by atoms with Crippen molar-refractivity contribution in [3.05, 3.63) is 0 Å². The van der Waals surface area contributed by atoms with Crippen LogP contribution in [0.5, 0.6) is 0 Å². The maximum Gasteiger partial charge on any atom is 0.0438 e. The standard InChI is InChI=1S/C9H22N2OS/c1-11(2)6-4-10-5-9-13-8-3-7-12/h10,12H,3-9H2,1-2H3. The van der Waals surface area contributed by atoms with Crippen LogP contribution >= 0.6 is 11.8 Å². The molecular weight excluding hydrogens is 184 g/mol. The highest BCUT2D eigenvalue weighted by molar-refractivity contribution is 7.99. The lowest BCUT2D eigenvalue weighted by Gasteiger charge is -2.09. The molecule has 0 aliphatic carbocycles. The first-order valence-corrected chi connectivity index (χ1v) is 5.97. The molecule has 0 radical (unpaired) electrons. The average Bonchev–Trinajstić information content (AvgIpc) is 2.09. The van der Waals surface area contributed by atoms with Gasteiger partial charge in [-0.2, -0.15) is 11.8 Å². The third kappa shape index (κ3) is 12.2. The normalized spacial score (nSPS) is 11.1.